The molecule has 132 valence electrons. The monoisotopic (exact) mass is 397 g/mol. The first kappa shape index (κ1) is 18.9. The van der Waals surface area contributed by atoms with Crippen molar-refractivity contribution in [3.63, 3.8) is 0 Å². The molecule has 0 aliphatic carbocycles. The van der Waals surface area contributed by atoms with Gasteiger partial charge >= 0.3 is 0 Å². The van der Waals surface area contributed by atoms with Crippen LogP contribution in [0.5, 0.6) is 0 Å². The fraction of sp³-hybridized carbons (Fsp3) is 0.529. The van der Waals surface area contributed by atoms with Crippen LogP contribution in [-0.2, 0) is 14.3 Å². The number of halogens is 1. The molecule has 0 atom stereocenters. The van der Waals surface area contributed by atoms with E-state index in [9.17, 15) is 9.59 Å². The maximum atomic E-state index is 12.4. The Kier molecular flexibility index (Phi) is 7.68. The SMILES string of the molecule is COCCNCC(=O)N1CCC(C(=O)Nc2ccccc2Br)CC1. The van der Waals surface area contributed by atoms with E-state index < -0.39 is 0 Å². The fourth-order valence-corrected chi connectivity index (χ4v) is 3.05. The van der Waals surface area contributed by atoms with Crippen molar-refractivity contribution in [3.8, 4) is 0 Å². The number of carbonyl (C=O) groups is 2. The molecule has 0 radical (unpaired) electrons. The quantitative estimate of drug-likeness (QED) is 0.688. The average molecular weight is 398 g/mol. The van der Waals surface area contributed by atoms with E-state index >= 15 is 0 Å². The van der Waals surface area contributed by atoms with E-state index in [0.29, 0.717) is 45.6 Å². The minimum absolute atomic E-state index is 0.0206. The number of rotatable bonds is 7. The van der Waals surface area contributed by atoms with Crippen molar-refractivity contribution in [2.24, 2.45) is 5.92 Å². The van der Waals surface area contributed by atoms with Crippen molar-refractivity contribution in [3.05, 3.63) is 28.7 Å². The van der Waals surface area contributed by atoms with Crippen molar-refractivity contribution < 1.29 is 14.3 Å². The predicted molar refractivity (Wildman–Crippen MR) is 96.8 cm³/mol. The van der Waals surface area contributed by atoms with E-state index in [-0.39, 0.29) is 17.7 Å². The number of piperidine rings is 1. The second-order valence-corrected chi connectivity index (χ2v) is 6.65. The van der Waals surface area contributed by atoms with Gasteiger partial charge in [0.2, 0.25) is 11.8 Å². The van der Waals surface area contributed by atoms with E-state index in [1.165, 1.54) is 0 Å². The maximum Gasteiger partial charge on any atom is 0.236 e. The smallest absolute Gasteiger partial charge is 0.236 e. The minimum Gasteiger partial charge on any atom is -0.383 e. The zero-order chi connectivity index (χ0) is 17.4. The number of para-hydroxylation sites is 1. The molecule has 0 saturated carbocycles. The van der Waals surface area contributed by atoms with Crippen LogP contribution >= 0.6 is 15.9 Å². The molecule has 0 unspecified atom stereocenters. The Morgan fingerprint density at radius 2 is 2.00 bits per heavy atom. The van der Waals surface area contributed by atoms with E-state index in [1.54, 1.807) is 7.11 Å². The van der Waals surface area contributed by atoms with Crippen LogP contribution in [0.2, 0.25) is 0 Å². The van der Waals surface area contributed by atoms with Crippen LogP contribution in [0.3, 0.4) is 0 Å². The fourth-order valence-electron chi connectivity index (χ4n) is 2.67. The number of nitrogens with zero attached hydrogens (tertiary/aromatic N) is 1. The number of nitrogens with one attached hydrogen (secondary N) is 2. The number of hydrogen-bond donors (Lipinski definition) is 2. The molecule has 1 aromatic carbocycles. The van der Waals surface area contributed by atoms with E-state index in [1.807, 2.05) is 29.2 Å². The predicted octanol–water partition coefficient (Wildman–Crippen LogP) is 1.86. The Labute approximate surface area is 151 Å². The van der Waals surface area contributed by atoms with Crippen LogP contribution in [0.15, 0.2) is 28.7 Å². The standard InChI is InChI=1S/C17H24BrN3O3/c1-24-11-8-19-12-16(22)21-9-6-13(7-10-21)17(23)20-15-5-3-2-4-14(15)18/h2-5,13,19H,6-12H2,1H3,(H,20,23). The Morgan fingerprint density at radius 3 is 2.67 bits per heavy atom. The molecule has 7 heteroatoms. The van der Waals surface area contributed by atoms with Gasteiger partial charge in [-0.3, -0.25) is 9.59 Å². The number of ether oxygens (including phenoxy) is 1. The van der Waals surface area contributed by atoms with Gasteiger partial charge in [0, 0.05) is 37.1 Å². The van der Waals surface area contributed by atoms with E-state index in [4.69, 9.17) is 4.74 Å². The summed E-state index contributed by atoms with van der Waals surface area (Å²) in [6.07, 6.45) is 1.39. The van der Waals surface area contributed by atoms with Crippen LogP contribution in [-0.4, -0.2) is 56.6 Å². The van der Waals surface area contributed by atoms with Gasteiger partial charge in [0.05, 0.1) is 18.8 Å². The molecular formula is C17H24BrN3O3. The summed E-state index contributed by atoms with van der Waals surface area (Å²) in [6, 6.07) is 7.56. The van der Waals surface area contributed by atoms with Crippen LogP contribution in [0, 0.1) is 5.92 Å². The highest BCUT2D eigenvalue weighted by Crippen LogP contribution is 2.24. The lowest BCUT2D eigenvalue weighted by Gasteiger charge is -2.31. The zero-order valence-electron chi connectivity index (χ0n) is 13.9. The summed E-state index contributed by atoms with van der Waals surface area (Å²) in [6.45, 7) is 2.81. The first-order valence-corrected chi connectivity index (χ1v) is 8.94. The van der Waals surface area contributed by atoms with E-state index in [0.717, 1.165) is 10.2 Å². The van der Waals surface area contributed by atoms with Crippen LogP contribution in [0.25, 0.3) is 0 Å². The number of benzene rings is 1. The third kappa shape index (κ3) is 5.58. The highest BCUT2D eigenvalue weighted by Gasteiger charge is 2.27. The average Bonchev–Trinajstić information content (AvgIpc) is 2.60. The Morgan fingerprint density at radius 1 is 1.29 bits per heavy atom. The van der Waals surface area contributed by atoms with Gasteiger partial charge in [-0.05, 0) is 40.9 Å². The molecule has 1 aliphatic rings. The number of likely N-dealkylation sites (tertiary alicyclic amines) is 1. The number of carbonyl (C=O) groups excluding carboxylic acids is 2. The summed E-state index contributed by atoms with van der Waals surface area (Å²) in [7, 11) is 1.63. The molecule has 0 aromatic heterocycles. The Hall–Kier alpha value is -1.44. The third-order valence-electron chi connectivity index (χ3n) is 4.11. The number of amides is 2. The normalized spacial score (nSPS) is 15.3. The lowest BCUT2D eigenvalue weighted by Crippen LogP contribution is -2.45. The lowest BCUT2D eigenvalue weighted by molar-refractivity contribution is -0.133. The molecule has 1 aliphatic heterocycles. The molecule has 1 saturated heterocycles. The van der Waals surface area contributed by atoms with Gasteiger partial charge in [0.25, 0.3) is 0 Å². The Bertz CT molecular complexity index is 560. The molecule has 2 N–H and O–H groups in total. The van der Waals surface area contributed by atoms with Crippen LogP contribution < -0.4 is 10.6 Å². The van der Waals surface area contributed by atoms with Crippen LogP contribution in [0.4, 0.5) is 5.69 Å². The van der Waals surface area contributed by atoms with Gasteiger partial charge in [0.1, 0.15) is 0 Å². The van der Waals surface area contributed by atoms with Gasteiger partial charge < -0.3 is 20.3 Å². The summed E-state index contributed by atoms with van der Waals surface area (Å²) in [4.78, 5) is 26.3. The topological polar surface area (TPSA) is 70.7 Å². The first-order valence-electron chi connectivity index (χ1n) is 8.14. The van der Waals surface area contributed by atoms with Crippen molar-refractivity contribution in [1.29, 1.82) is 0 Å². The molecule has 0 spiro atoms. The van der Waals surface area contributed by atoms with Crippen molar-refractivity contribution >= 4 is 33.4 Å². The summed E-state index contributed by atoms with van der Waals surface area (Å²) in [5, 5.41) is 6.01. The van der Waals surface area contributed by atoms with Gasteiger partial charge in [-0.25, -0.2) is 0 Å². The molecular weight excluding hydrogens is 374 g/mol. The first-order chi connectivity index (χ1) is 11.6. The van der Waals surface area contributed by atoms with Gasteiger partial charge in [-0.1, -0.05) is 12.1 Å². The molecule has 6 nitrogen and oxygen atoms in total. The molecule has 0 bridgehead atoms. The second-order valence-electron chi connectivity index (χ2n) is 5.79. The molecule has 2 amide bonds. The van der Waals surface area contributed by atoms with Crippen molar-refractivity contribution in [2.75, 3.05) is 45.2 Å². The summed E-state index contributed by atoms with van der Waals surface area (Å²) >= 11 is 3.43. The second kappa shape index (κ2) is 9.76. The number of methoxy groups -OCH3 is 1. The van der Waals surface area contributed by atoms with Gasteiger partial charge in [-0.2, -0.15) is 0 Å². The van der Waals surface area contributed by atoms with Gasteiger partial charge in [0.15, 0.2) is 0 Å². The van der Waals surface area contributed by atoms with Crippen LogP contribution in [0.1, 0.15) is 12.8 Å². The van der Waals surface area contributed by atoms with Gasteiger partial charge in [-0.15, -0.1) is 0 Å². The highest BCUT2D eigenvalue weighted by atomic mass is 79.9. The number of hydrogen-bond acceptors (Lipinski definition) is 4. The highest BCUT2D eigenvalue weighted by molar-refractivity contribution is 9.10. The van der Waals surface area contributed by atoms with E-state index in [2.05, 4.69) is 26.6 Å². The molecule has 1 heterocycles. The largest absolute Gasteiger partial charge is 0.383 e. The number of anilines is 1. The molecule has 2 rings (SSSR count). The summed E-state index contributed by atoms with van der Waals surface area (Å²) < 4.78 is 5.80. The third-order valence-corrected chi connectivity index (χ3v) is 4.80. The summed E-state index contributed by atoms with van der Waals surface area (Å²) in [5.41, 5.74) is 0.781. The minimum atomic E-state index is -0.0531. The molecule has 1 aromatic rings. The lowest BCUT2D eigenvalue weighted by atomic mass is 9.95. The summed E-state index contributed by atoms with van der Waals surface area (Å²) in [5.74, 6) is 0.0468. The molecule has 24 heavy (non-hydrogen) atoms. The Balaban J connectivity index is 1.75. The zero-order valence-corrected chi connectivity index (χ0v) is 15.5. The maximum absolute atomic E-state index is 12.4. The van der Waals surface area contributed by atoms with Crippen molar-refractivity contribution in [2.45, 2.75) is 12.8 Å². The molecule has 1 fully saturated rings. The van der Waals surface area contributed by atoms with Crippen molar-refractivity contribution in [1.82, 2.24) is 10.2 Å².